The summed E-state index contributed by atoms with van der Waals surface area (Å²) in [6, 6.07) is 21.7. The van der Waals surface area contributed by atoms with E-state index in [9.17, 15) is 9.18 Å². The normalized spacial score (nSPS) is 13.2. The van der Waals surface area contributed by atoms with Crippen LogP contribution in [0.5, 0.6) is 5.75 Å². The number of rotatable bonds is 3. The number of allylic oxidation sites excluding steroid dienone is 1. The second-order valence-electron chi connectivity index (χ2n) is 5.94. The fraction of sp³-hybridized carbons (Fsp3) is 0.0455. The van der Waals surface area contributed by atoms with Gasteiger partial charge in [0.15, 0.2) is 5.78 Å². The first-order valence-corrected chi connectivity index (χ1v) is 8.06. The molecule has 3 aromatic rings. The number of ketones is 1. The van der Waals surface area contributed by atoms with Crippen LogP contribution in [0.2, 0.25) is 0 Å². The molecule has 0 saturated carbocycles. The van der Waals surface area contributed by atoms with Crippen LogP contribution in [0.15, 0.2) is 78.9 Å². The standard InChI is InChI=1S/C22H15FO2.H2/c23-18-9-5-15(6-10-18)16-7-11-20(12-8-16)25-22-14-19(24)13-17-3-1-2-4-21(17)22;/h1-12,14H,13H2;1H. The van der Waals surface area contributed by atoms with Crippen molar-refractivity contribution >= 4 is 11.5 Å². The zero-order valence-electron chi connectivity index (χ0n) is 13.4. The van der Waals surface area contributed by atoms with Crippen LogP contribution in [0, 0.1) is 5.82 Å². The van der Waals surface area contributed by atoms with Gasteiger partial charge >= 0.3 is 0 Å². The lowest BCUT2D eigenvalue weighted by molar-refractivity contribution is -0.114. The van der Waals surface area contributed by atoms with E-state index in [4.69, 9.17) is 4.74 Å². The largest absolute Gasteiger partial charge is 0.457 e. The zero-order valence-corrected chi connectivity index (χ0v) is 13.4. The lowest BCUT2D eigenvalue weighted by Crippen LogP contribution is -2.11. The Hall–Kier alpha value is -3.20. The van der Waals surface area contributed by atoms with Crippen LogP contribution in [-0.2, 0) is 11.2 Å². The van der Waals surface area contributed by atoms with E-state index in [1.165, 1.54) is 12.1 Å². The molecule has 0 radical (unpaired) electrons. The second-order valence-corrected chi connectivity index (χ2v) is 5.94. The molecule has 0 N–H and O–H groups in total. The number of hydrogen-bond donors (Lipinski definition) is 0. The van der Waals surface area contributed by atoms with E-state index in [1.54, 1.807) is 18.2 Å². The van der Waals surface area contributed by atoms with Crippen molar-refractivity contribution in [1.29, 1.82) is 0 Å². The predicted octanol–water partition coefficient (Wildman–Crippen LogP) is 5.28. The van der Waals surface area contributed by atoms with Crippen molar-refractivity contribution in [2.75, 3.05) is 0 Å². The average Bonchev–Trinajstić information content (AvgIpc) is 2.63. The third-order valence-corrected chi connectivity index (χ3v) is 4.20. The highest BCUT2D eigenvalue weighted by Gasteiger charge is 2.18. The van der Waals surface area contributed by atoms with E-state index in [2.05, 4.69) is 0 Å². The van der Waals surface area contributed by atoms with E-state index >= 15 is 0 Å². The van der Waals surface area contributed by atoms with Gasteiger partial charge in [0, 0.05) is 19.5 Å². The van der Waals surface area contributed by atoms with Gasteiger partial charge in [-0.1, -0.05) is 48.5 Å². The highest BCUT2D eigenvalue weighted by atomic mass is 19.1. The maximum Gasteiger partial charge on any atom is 0.163 e. The third-order valence-electron chi connectivity index (χ3n) is 4.20. The summed E-state index contributed by atoms with van der Waals surface area (Å²) in [6.07, 6.45) is 1.96. The smallest absolute Gasteiger partial charge is 0.163 e. The summed E-state index contributed by atoms with van der Waals surface area (Å²) in [6.45, 7) is 0. The van der Waals surface area contributed by atoms with E-state index in [1.807, 2.05) is 48.5 Å². The fourth-order valence-corrected chi connectivity index (χ4v) is 2.95. The van der Waals surface area contributed by atoms with Crippen LogP contribution in [0.1, 0.15) is 12.6 Å². The number of fused-ring (bicyclic) bond motifs is 1. The quantitative estimate of drug-likeness (QED) is 0.652. The zero-order chi connectivity index (χ0) is 17.2. The van der Waals surface area contributed by atoms with Crippen molar-refractivity contribution in [2.45, 2.75) is 6.42 Å². The van der Waals surface area contributed by atoms with E-state index < -0.39 is 0 Å². The van der Waals surface area contributed by atoms with E-state index in [0.717, 1.165) is 22.3 Å². The first-order valence-electron chi connectivity index (χ1n) is 8.06. The number of ether oxygens (including phenoxy) is 1. The molecule has 1 aliphatic carbocycles. The summed E-state index contributed by atoms with van der Waals surface area (Å²) in [5.74, 6) is 1.01. The molecular weight excluding hydrogens is 315 g/mol. The van der Waals surface area contributed by atoms with Crippen molar-refractivity contribution in [3.63, 3.8) is 0 Å². The molecule has 0 amide bonds. The van der Waals surface area contributed by atoms with Crippen LogP contribution in [0.3, 0.4) is 0 Å². The van der Waals surface area contributed by atoms with Gasteiger partial charge in [-0.25, -0.2) is 4.39 Å². The van der Waals surface area contributed by atoms with Crippen LogP contribution < -0.4 is 4.74 Å². The maximum absolute atomic E-state index is 13.0. The van der Waals surface area contributed by atoms with Gasteiger partial charge in [-0.2, -0.15) is 0 Å². The Balaban J connectivity index is 0.00000196. The Morgan fingerprint density at radius 3 is 2.20 bits per heavy atom. The molecule has 3 aromatic carbocycles. The Labute approximate surface area is 146 Å². The summed E-state index contributed by atoms with van der Waals surface area (Å²) in [5.41, 5.74) is 3.84. The minimum atomic E-state index is -0.253. The Morgan fingerprint density at radius 1 is 0.840 bits per heavy atom. The van der Waals surface area contributed by atoms with Crippen molar-refractivity contribution in [1.82, 2.24) is 0 Å². The average molecular weight is 332 g/mol. The van der Waals surface area contributed by atoms with Crippen LogP contribution in [-0.4, -0.2) is 5.78 Å². The SMILES string of the molecule is O=C1C=C(Oc2ccc(-c3ccc(F)cc3)cc2)c2ccccc2C1.[HH]. The minimum absolute atomic E-state index is 0. The lowest BCUT2D eigenvalue weighted by Gasteiger charge is -2.17. The third kappa shape index (κ3) is 3.22. The number of carbonyl (C=O) groups excluding carboxylic acids is 1. The molecule has 1 aliphatic rings. The highest BCUT2D eigenvalue weighted by Crippen LogP contribution is 2.29. The van der Waals surface area contributed by atoms with Crippen molar-refractivity contribution < 1.29 is 15.3 Å². The topological polar surface area (TPSA) is 26.3 Å². The minimum Gasteiger partial charge on any atom is -0.457 e. The molecule has 124 valence electrons. The second kappa shape index (κ2) is 6.36. The molecule has 0 spiro atoms. The summed E-state index contributed by atoms with van der Waals surface area (Å²) >= 11 is 0. The summed E-state index contributed by atoms with van der Waals surface area (Å²) in [5, 5.41) is 0. The van der Waals surface area contributed by atoms with Gasteiger partial charge in [0.25, 0.3) is 0 Å². The highest BCUT2D eigenvalue weighted by molar-refractivity contribution is 6.00. The van der Waals surface area contributed by atoms with E-state index in [-0.39, 0.29) is 13.0 Å². The monoisotopic (exact) mass is 332 g/mol. The predicted molar refractivity (Wildman–Crippen MR) is 97.7 cm³/mol. The molecule has 0 fully saturated rings. The first kappa shape index (κ1) is 15.3. The Kier molecular flexibility index (Phi) is 3.90. The van der Waals surface area contributed by atoms with Gasteiger partial charge in [-0.3, -0.25) is 4.79 Å². The molecule has 3 heteroatoms. The van der Waals surface area contributed by atoms with Gasteiger partial charge in [0.05, 0.1) is 0 Å². The molecule has 2 nitrogen and oxygen atoms in total. The molecule has 0 bridgehead atoms. The summed E-state index contributed by atoms with van der Waals surface area (Å²) < 4.78 is 19.0. The van der Waals surface area contributed by atoms with Crippen molar-refractivity contribution in [3.05, 3.63) is 95.8 Å². The Bertz CT molecular complexity index is 960. The van der Waals surface area contributed by atoms with Gasteiger partial charge in [0.1, 0.15) is 17.3 Å². The molecule has 0 unspecified atom stereocenters. The summed E-state index contributed by atoms with van der Waals surface area (Å²) in [7, 11) is 0. The molecule has 4 rings (SSSR count). The summed E-state index contributed by atoms with van der Waals surface area (Å²) in [4.78, 5) is 11.9. The molecule has 25 heavy (non-hydrogen) atoms. The lowest BCUT2D eigenvalue weighted by atomic mass is 9.95. The first-order chi connectivity index (χ1) is 12.2. The Morgan fingerprint density at radius 2 is 1.48 bits per heavy atom. The van der Waals surface area contributed by atoms with Crippen molar-refractivity contribution in [2.24, 2.45) is 0 Å². The molecule has 0 heterocycles. The van der Waals surface area contributed by atoms with Gasteiger partial charge in [-0.05, 0) is 41.0 Å². The van der Waals surface area contributed by atoms with E-state index in [0.29, 0.717) is 17.9 Å². The van der Waals surface area contributed by atoms with Gasteiger partial charge in [-0.15, -0.1) is 0 Å². The fourth-order valence-electron chi connectivity index (χ4n) is 2.95. The maximum atomic E-state index is 13.0. The molecule has 0 aromatic heterocycles. The number of hydrogen-bond acceptors (Lipinski definition) is 2. The van der Waals surface area contributed by atoms with Crippen LogP contribution >= 0.6 is 0 Å². The molecule has 0 saturated heterocycles. The molecule has 0 atom stereocenters. The molecule has 0 aliphatic heterocycles. The number of halogens is 1. The van der Waals surface area contributed by atoms with Crippen LogP contribution in [0.4, 0.5) is 4.39 Å². The van der Waals surface area contributed by atoms with Gasteiger partial charge in [0.2, 0.25) is 0 Å². The molecular formula is C22H17FO2. The number of carbonyl (C=O) groups is 1. The van der Waals surface area contributed by atoms with Crippen LogP contribution in [0.25, 0.3) is 16.9 Å². The number of benzene rings is 3. The van der Waals surface area contributed by atoms with Gasteiger partial charge < -0.3 is 4.74 Å². The van der Waals surface area contributed by atoms with Crippen molar-refractivity contribution in [3.8, 4) is 16.9 Å².